The van der Waals surface area contributed by atoms with Crippen molar-refractivity contribution in [2.24, 2.45) is 5.73 Å². The molecule has 6 heteroatoms. The summed E-state index contributed by atoms with van der Waals surface area (Å²) in [5.74, 6) is -2.01. The average Bonchev–Trinajstić information content (AvgIpc) is 2.14. The van der Waals surface area contributed by atoms with Crippen LogP contribution in [0.1, 0.15) is 17.5 Å². The first-order chi connectivity index (χ1) is 7.30. The number of hydrogen-bond donors (Lipinski definition) is 1. The highest BCUT2D eigenvalue weighted by molar-refractivity contribution is 5.75. The smallest absolute Gasteiger partial charge is 0.370 e. The summed E-state index contributed by atoms with van der Waals surface area (Å²) in [6.07, 6.45) is -3.74. The number of primary amides is 1. The van der Waals surface area contributed by atoms with Crippen LogP contribution in [0.3, 0.4) is 0 Å². The van der Waals surface area contributed by atoms with E-state index in [4.69, 9.17) is 5.73 Å². The molecule has 1 amide bonds. The number of nitrogens with two attached hydrogens (primary N) is 1. The Morgan fingerprint density at radius 1 is 1.38 bits per heavy atom. The van der Waals surface area contributed by atoms with E-state index in [1.807, 2.05) is 0 Å². The summed E-state index contributed by atoms with van der Waals surface area (Å²) in [5, 5.41) is 0. The SMILES string of the molecule is NC(=O)C[CH]c1ccc(F)c(C(F)(F)F)c1. The standard InChI is InChI=1S/C10H8F4NO/c11-8-3-1-6(2-4-9(15)16)5-7(8)10(12,13)14/h1-3,5H,4H2,(H2,15,16). The molecule has 16 heavy (non-hydrogen) atoms. The Labute approximate surface area is 89.1 Å². The van der Waals surface area contributed by atoms with Crippen molar-refractivity contribution in [2.45, 2.75) is 12.6 Å². The second-order valence-corrected chi connectivity index (χ2v) is 3.11. The van der Waals surface area contributed by atoms with Gasteiger partial charge in [-0.2, -0.15) is 13.2 Å². The molecule has 1 aromatic carbocycles. The predicted octanol–water partition coefficient (Wildman–Crippen LogP) is 2.27. The third kappa shape index (κ3) is 3.22. The number of halogens is 4. The number of benzene rings is 1. The molecule has 0 unspecified atom stereocenters. The van der Waals surface area contributed by atoms with Crippen molar-refractivity contribution in [3.05, 3.63) is 41.6 Å². The van der Waals surface area contributed by atoms with Gasteiger partial charge in [-0.3, -0.25) is 4.79 Å². The van der Waals surface area contributed by atoms with Crippen molar-refractivity contribution in [2.75, 3.05) is 0 Å². The first-order valence-electron chi connectivity index (χ1n) is 4.29. The van der Waals surface area contributed by atoms with E-state index >= 15 is 0 Å². The largest absolute Gasteiger partial charge is 0.419 e. The molecule has 0 heterocycles. The minimum absolute atomic E-state index is 0.104. The van der Waals surface area contributed by atoms with E-state index in [9.17, 15) is 22.4 Å². The summed E-state index contributed by atoms with van der Waals surface area (Å²) in [6, 6.07) is 2.49. The lowest BCUT2D eigenvalue weighted by molar-refractivity contribution is -0.140. The first kappa shape index (κ1) is 12.5. The highest BCUT2D eigenvalue weighted by atomic mass is 19.4. The van der Waals surface area contributed by atoms with Crippen LogP contribution in [-0.4, -0.2) is 5.91 Å². The minimum atomic E-state index is -4.75. The van der Waals surface area contributed by atoms with E-state index in [2.05, 4.69) is 0 Å². The van der Waals surface area contributed by atoms with Gasteiger partial charge in [-0.05, 0) is 24.1 Å². The number of rotatable bonds is 3. The number of hydrogen-bond acceptors (Lipinski definition) is 1. The summed E-state index contributed by atoms with van der Waals surface area (Å²) in [7, 11) is 0. The van der Waals surface area contributed by atoms with Gasteiger partial charge in [-0.15, -0.1) is 0 Å². The van der Waals surface area contributed by atoms with E-state index < -0.39 is 23.5 Å². The molecule has 0 aliphatic carbocycles. The molecular weight excluding hydrogens is 226 g/mol. The molecule has 0 bridgehead atoms. The molecular formula is C10H8F4NO. The van der Waals surface area contributed by atoms with Crippen LogP contribution in [0.2, 0.25) is 0 Å². The maximum absolute atomic E-state index is 12.8. The Morgan fingerprint density at radius 2 is 2.00 bits per heavy atom. The molecule has 2 nitrogen and oxygen atoms in total. The molecule has 0 atom stereocenters. The maximum Gasteiger partial charge on any atom is 0.419 e. The zero-order valence-electron chi connectivity index (χ0n) is 8.01. The minimum Gasteiger partial charge on any atom is -0.370 e. The van der Waals surface area contributed by atoms with E-state index in [0.717, 1.165) is 6.07 Å². The molecule has 0 spiro atoms. The number of carbonyl (C=O) groups is 1. The van der Waals surface area contributed by atoms with E-state index in [1.165, 1.54) is 6.42 Å². The van der Waals surface area contributed by atoms with Crippen LogP contribution >= 0.6 is 0 Å². The normalized spacial score (nSPS) is 11.5. The zero-order chi connectivity index (χ0) is 12.3. The Morgan fingerprint density at radius 3 is 2.50 bits per heavy atom. The van der Waals surface area contributed by atoms with E-state index in [0.29, 0.717) is 12.1 Å². The summed E-state index contributed by atoms with van der Waals surface area (Å²) in [5.41, 5.74) is 3.58. The van der Waals surface area contributed by atoms with Crippen LogP contribution < -0.4 is 5.73 Å². The monoisotopic (exact) mass is 234 g/mol. The molecule has 1 aromatic rings. The highest BCUT2D eigenvalue weighted by Crippen LogP contribution is 2.32. The fourth-order valence-corrected chi connectivity index (χ4v) is 1.11. The van der Waals surface area contributed by atoms with Crippen LogP contribution in [-0.2, 0) is 11.0 Å². The fourth-order valence-electron chi connectivity index (χ4n) is 1.11. The fraction of sp³-hybridized carbons (Fsp3) is 0.200. The molecule has 0 fully saturated rings. The summed E-state index contributed by atoms with van der Waals surface area (Å²) >= 11 is 0. The third-order valence-electron chi connectivity index (χ3n) is 1.83. The molecule has 0 saturated carbocycles. The van der Waals surface area contributed by atoms with Crippen molar-refractivity contribution in [3.8, 4) is 0 Å². The van der Waals surface area contributed by atoms with Gasteiger partial charge in [0.25, 0.3) is 0 Å². The number of amides is 1. The van der Waals surface area contributed by atoms with Crippen LogP contribution in [0.4, 0.5) is 17.6 Å². The molecule has 2 N–H and O–H groups in total. The van der Waals surface area contributed by atoms with Crippen molar-refractivity contribution < 1.29 is 22.4 Å². The van der Waals surface area contributed by atoms with E-state index in [-0.39, 0.29) is 12.0 Å². The lowest BCUT2D eigenvalue weighted by Gasteiger charge is -2.09. The van der Waals surface area contributed by atoms with E-state index in [1.54, 1.807) is 0 Å². The second-order valence-electron chi connectivity index (χ2n) is 3.11. The first-order valence-corrected chi connectivity index (χ1v) is 4.29. The van der Waals surface area contributed by atoms with Gasteiger partial charge in [0, 0.05) is 6.42 Å². The van der Waals surface area contributed by atoms with Crippen molar-refractivity contribution >= 4 is 5.91 Å². The molecule has 0 aliphatic heterocycles. The topological polar surface area (TPSA) is 43.1 Å². The van der Waals surface area contributed by atoms with Gasteiger partial charge in [0.15, 0.2) is 0 Å². The van der Waals surface area contributed by atoms with Gasteiger partial charge >= 0.3 is 6.18 Å². The summed E-state index contributed by atoms with van der Waals surface area (Å²) in [4.78, 5) is 10.4. The molecule has 87 valence electrons. The summed E-state index contributed by atoms with van der Waals surface area (Å²) < 4.78 is 49.7. The average molecular weight is 234 g/mol. The molecule has 0 saturated heterocycles. The van der Waals surface area contributed by atoms with Gasteiger partial charge in [-0.25, -0.2) is 4.39 Å². The second kappa shape index (κ2) is 4.51. The van der Waals surface area contributed by atoms with Crippen LogP contribution in [0.5, 0.6) is 0 Å². The Kier molecular flexibility index (Phi) is 3.51. The lowest BCUT2D eigenvalue weighted by atomic mass is 10.1. The number of alkyl halides is 3. The summed E-state index contributed by atoms with van der Waals surface area (Å²) in [6.45, 7) is 0. The molecule has 1 rings (SSSR count). The molecule has 0 aromatic heterocycles. The van der Waals surface area contributed by atoms with Gasteiger partial charge in [0.2, 0.25) is 5.91 Å². The predicted molar refractivity (Wildman–Crippen MR) is 48.6 cm³/mol. The van der Waals surface area contributed by atoms with Crippen molar-refractivity contribution in [1.29, 1.82) is 0 Å². The Bertz CT molecular complexity index is 400. The lowest BCUT2D eigenvalue weighted by Crippen LogP contribution is -2.11. The van der Waals surface area contributed by atoms with Gasteiger partial charge < -0.3 is 5.73 Å². The van der Waals surface area contributed by atoms with Crippen molar-refractivity contribution in [1.82, 2.24) is 0 Å². The number of carbonyl (C=O) groups excluding carboxylic acids is 1. The van der Waals surface area contributed by atoms with Crippen LogP contribution in [0, 0.1) is 12.2 Å². The van der Waals surface area contributed by atoms with Gasteiger partial charge in [0.05, 0.1) is 5.56 Å². The quantitative estimate of drug-likeness (QED) is 0.801. The molecule has 1 radical (unpaired) electrons. The maximum atomic E-state index is 12.8. The highest BCUT2D eigenvalue weighted by Gasteiger charge is 2.34. The van der Waals surface area contributed by atoms with Gasteiger partial charge in [-0.1, -0.05) is 6.07 Å². The van der Waals surface area contributed by atoms with Crippen LogP contribution in [0.15, 0.2) is 18.2 Å². The third-order valence-corrected chi connectivity index (χ3v) is 1.83. The molecule has 0 aliphatic rings. The van der Waals surface area contributed by atoms with Crippen molar-refractivity contribution in [3.63, 3.8) is 0 Å². The zero-order valence-corrected chi connectivity index (χ0v) is 8.01. The Balaban J connectivity index is 2.94. The van der Waals surface area contributed by atoms with Crippen LogP contribution in [0.25, 0.3) is 0 Å². The van der Waals surface area contributed by atoms with Gasteiger partial charge in [0.1, 0.15) is 5.82 Å². The Hall–Kier alpha value is -1.59.